The van der Waals surface area contributed by atoms with Gasteiger partial charge in [0.05, 0.1) is 12.1 Å². The van der Waals surface area contributed by atoms with Gasteiger partial charge in [-0.05, 0) is 20.3 Å². The number of hydrogen-bond acceptors (Lipinski definition) is 6. The number of amides is 1. The zero-order valence-corrected chi connectivity index (χ0v) is 19.7. The molecule has 1 N–H and O–H groups in total. The number of ketones is 1. The highest BCUT2D eigenvalue weighted by Gasteiger charge is 2.29. The van der Waals surface area contributed by atoms with Crippen molar-refractivity contribution in [3.8, 4) is 0 Å². The van der Waals surface area contributed by atoms with E-state index in [1.165, 1.54) is 42.4 Å². The van der Waals surface area contributed by atoms with Crippen LogP contribution in [0.1, 0.15) is 78.3 Å². The van der Waals surface area contributed by atoms with Crippen LogP contribution in [0.25, 0.3) is 0 Å². The molecule has 0 fully saturated rings. The van der Waals surface area contributed by atoms with Crippen LogP contribution in [0.3, 0.4) is 0 Å². The number of carbonyl (C=O) groups excluding carboxylic acids is 2. The molecule has 0 radical (unpaired) electrons. The second-order valence-electron chi connectivity index (χ2n) is 7.64. The Morgan fingerprint density at radius 2 is 1.83 bits per heavy atom. The molecule has 0 aliphatic rings. The van der Waals surface area contributed by atoms with Crippen LogP contribution in [-0.4, -0.2) is 50.5 Å². The first-order valence-electron chi connectivity index (χ1n) is 10.4. The lowest BCUT2D eigenvalue weighted by atomic mass is 10.1. The van der Waals surface area contributed by atoms with Gasteiger partial charge in [0, 0.05) is 31.3 Å². The van der Waals surface area contributed by atoms with Crippen LogP contribution < -0.4 is 0 Å². The number of carbonyl (C=O) groups is 3. The number of thiazole rings is 1. The Morgan fingerprint density at radius 1 is 1.14 bits per heavy atom. The topological polar surface area (TPSA) is 87.6 Å². The van der Waals surface area contributed by atoms with Crippen molar-refractivity contribution in [3.63, 3.8) is 0 Å². The fourth-order valence-corrected chi connectivity index (χ4v) is 4.86. The molecule has 164 valence electrons. The third kappa shape index (κ3) is 9.76. The van der Waals surface area contributed by atoms with Gasteiger partial charge in [-0.25, -0.2) is 4.98 Å². The van der Waals surface area contributed by atoms with Crippen molar-refractivity contribution in [3.05, 3.63) is 11.1 Å². The van der Waals surface area contributed by atoms with Gasteiger partial charge in [-0.1, -0.05) is 51.3 Å². The van der Waals surface area contributed by atoms with Gasteiger partial charge < -0.3 is 10.0 Å². The summed E-state index contributed by atoms with van der Waals surface area (Å²) in [5.41, 5.74) is 0.851. The number of Topliss-reactive ketones (excluding diaryl/α,β-unsaturated/α-hetero) is 1. The van der Waals surface area contributed by atoms with Crippen molar-refractivity contribution in [1.29, 1.82) is 0 Å². The fourth-order valence-electron chi connectivity index (χ4n) is 2.63. The number of hydrogen-bond donors (Lipinski definition) is 1. The van der Waals surface area contributed by atoms with Crippen molar-refractivity contribution in [2.45, 2.75) is 88.1 Å². The van der Waals surface area contributed by atoms with Crippen LogP contribution in [0, 0.1) is 0 Å². The number of rotatable bonds is 15. The molecule has 0 saturated heterocycles. The van der Waals surface area contributed by atoms with E-state index in [-0.39, 0.29) is 18.1 Å². The Bertz CT molecular complexity index is 673. The molecular formula is C21H34N2O4S2. The molecule has 0 aromatic carbocycles. The third-order valence-electron chi connectivity index (χ3n) is 4.65. The Labute approximate surface area is 182 Å². The number of unbranched alkanes of at least 4 members (excludes halogenated alkanes) is 4. The monoisotopic (exact) mass is 442 g/mol. The van der Waals surface area contributed by atoms with Crippen LogP contribution in [-0.2, 0) is 20.8 Å². The second-order valence-corrected chi connectivity index (χ2v) is 10.4. The molecule has 0 aliphatic carbocycles. The summed E-state index contributed by atoms with van der Waals surface area (Å²) in [6.45, 7) is 8.45. The van der Waals surface area contributed by atoms with Crippen molar-refractivity contribution in [2.75, 3.05) is 13.1 Å². The van der Waals surface area contributed by atoms with E-state index in [1.54, 1.807) is 25.7 Å². The summed E-state index contributed by atoms with van der Waals surface area (Å²) >= 11 is 2.66. The molecule has 0 saturated carbocycles. The van der Waals surface area contributed by atoms with E-state index < -0.39 is 10.7 Å². The summed E-state index contributed by atoms with van der Waals surface area (Å²) in [6, 6.07) is 0. The first-order valence-corrected chi connectivity index (χ1v) is 12.1. The molecule has 8 heteroatoms. The normalized spacial score (nSPS) is 11.4. The minimum atomic E-state index is -0.934. The molecule has 1 heterocycles. The number of carboxylic acids is 1. The van der Waals surface area contributed by atoms with Gasteiger partial charge in [0.1, 0.15) is 10.5 Å². The highest BCUT2D eigenvalue weighted by molar-refractivity contribution is 8.02. The van der Waals surface area contributed by atoms with E-state index in [0.717, 1.165) is 18.5 Å². The molecule has 1 aromatic rings. The summed E-state index contributed by atoms with van der Waals surface area (Å²) in [5, 5.41) is 11.2. The van der Waals surface area contributed by atoms with E-state index in [2.05, 4.69) is 11.9 Å². The molecule has 0 bridgehead atoms. The molecule has 0 unspecified atom stereocenters. The van der Waals surface area contributed by atoms with Crippen molar-refractivity contribution < 1.29 is 19.5 Å². The maximum Gasteiger partial charge on any atom is 0.319 e. The first kappa shape index (κ1) is 25.6. The van der Waals surface area contributed by atoms with E-state index in [9.17, 15) is 19.5 Å². The Morgan fingerprint density at radius 3 is 2.45 bits per heavy atom. The summed E-state index contributed by atoms with van der Waals surface area (Å²) in [4.78, 5) is 41.8. The van der Waals surface area contributed by atoms with E-state index >= 15 is 0 Å². The predicted molar refractivity (Wildman–Crippen MR) is 119 cm³/mol. The SMILES string of the molecule is CCCCCCCN(CCc1csc(SC(C)(C)C(=O)O)n1)C(=O)CC(=O)CC. The summed E-state index contributed by atoms with van der Waals surface area (Å²) in [7, 11) is 0. The Kier molecular flexibility index (Phi) is 11.5. The Hall–Kier alpha value is -1.41. The lowest BCUT2D eigenvalue weighted by Crippen LogP contribution is -2.35. The third-order valence-corrected chi connectivity index (χ3v) is 6.83. The van der Waals surface area contributed by atoms with Crippen LogP contribution in [0.4, 0.5) is 0 Å². The van der Waals surface area contributed by atoms with Gasteiger partial charge in [-0.3, -0.25) is 14.4 Å². The molecule has 29 heavy (non-hydrogen) atoms. The van der Waals surface area contributed by atoms with Gasteiger partial charge in [-0.2, -0.15) is 0 Å². The second kappa shape index (κ2) is 13.0. The molecular weight excluding hydrogens is 408 g/mol. The zero-order chi connectivity index (χ0) is 21.9. The van der Waals surface area contributed by atoms with Crippen LogP contribution in [0.5, 0.6) is 0 Å². The number of thioether (sulfide) groups is 1. The quantitative estimate of drug-likeness (QED) is 0.238. The minimum absolute atomic E-state index is 0.0313. The number of aromatic nitrogens is 1. The molecule has 1 amide bonds. The van der Waals surface area contributed by atoms with E-state index in [4.69, 9.17) is 0 Å². The highest BCUT2D eigenvalue weighted by atomic mass is 32.2. The zero-order valence-electron chi connectivity index (χ0n) is 18.0. The number of carboxylic acid groups (broad SMARTS) is 1. The van der Waals surface area contributed by atoms with Gasteiger partial charge in [0.25, 0.3) is 0 Å². The van der Waals surface area contributed by atoms with Gasteiger partial charge in [-0.15, -0.1) is 11.3 Å². The van der Waals surface area contributed by atoms with Crippen molar-refractivity contribution in [2.24, 2.45) is 0 Å². The first-order chi connectivity index (χ1) is 13.7. The average molecular weight is 443 g/mol. The maximum absolute atomic E-state index is 12.5. The minimum Gasteiger partial charge on any atom is -0.480 e. The summed E-state index contributed by atoms with van der Waals surface area (Å²) in [5.74, 6) is -1.02. The number of aliphatic carboxylic acids is 1. The molecule has 1 aromatic heterocycles. The fraction of sp³-hybridized carbons (Fsp3) is 0.714. The van der Waals surface area contributed by atoms with Gasteiger partial charge in [0.2, 0.25) is 5.91 Å². The molecule has 0 spiro atoms. The lowest BCUT2D eigenvalue weighted by molar-refractivity contribution is -0.139. The van der Waals surface area contributed by atoms with Crippen LogP contribution >= 0.6 is 23.1 Å². The average Bonchev–Trinajstić information content (AvgIpc) is 3.10. The standard InChI is InChI=1S/C21H34N2O4S2/c1-5-7-8-9-10-12-23(18(25)14-17(24)6-2)13-11-16-15-28-20(22-16)29-21(3,4)19(26)27/h15H,5-14H2,1-4H3,(H,26,27). The summed E-state index contributed by atoms with van der Waals surface area (Å²) in [6.07, 6.45) is 6.52. The van der Waals surface area contributed by atoms with Crippen molar-refractivity contribution in [1.82, 2.24) is 9.88 Å². The van der Waals surface area contributed by atoms with Crippen molar-refractivity contribution >= 4 is 40.8 Å². The highest BCUT2D eigenvalue weighted by Crippen LogP contribution is 2.34. The molecule has 6 nitrogen and oxygen atoms in total. The smallest absolute Gasteiger partial charge is 0.319 e. The van der Waals surface area contributed by atoms with E-state index in [1.807, 2.05) is 5.38 Å². The maximum atomic E-state index is 12.5. The van der Waals surface area contributed by atoms with Crippen LogP contribution in [0.2, 0.25) is 0 Å². The van der Waals surface area contributed by atoms with Gasteiger partial charge in [0.15, 0.2) is 4.34 Å². The van der Waals surface area contributed by atoms with E-state index in [0.29, 0.717) is 30.3 Å². The van der Waals surface area contributed by atoms with Crippen LogP contribution in [0.15, 0.2) is 9.72 Å². The predicted octanol–water partition coefficient (Wildman–Crippen LogP) is 4.81. The number of nitrogens with zero attached hydrogens (tertiary/aromatic N) is 2. The largest absolute Gasteiger partial charge is 0.480 e. The Balaban J connectivity index is 2.64. The molecule has 1 rings (SSSR count). The summed E-state index contributed by atoms with van der Waals surface area (Å²) < 4.78 is -0.221. The molecule has 0 aliphatic heterocycles. The van der Waals surface area contributed by atoms with Gasteiger partial charge >= 0.3 is 5.97 Å². The lowest BCUT2D eigenvalue weighted by Gasteiger charge is -2.22. The molecule has 0 atom stereocenters.